The highest BCUT2D eigenvalue weighted by molar-refractivity contribution is 8.00. The molecule has 0 spiro atoms. The van der Waals surface area contributed by atoms with E-state index in [4.69, 9.17) is 0 Å². The molecule has 2 rings (SSSR count). The summed E-state index contributed by atoms with van der Waals surface area (Å²) in [7, 11) is -3.14. The van der Waals surface area contributed by atoms with Gasteiger partial charge in [0.15, 0.2) is 9.84 Å². The van der Waals surface area contributed by atoms with Crippen molar-refractivity contribution in [1.82, 2.24) is 0 Å². The first-order chi connectivity index (χ1) is 12.5. The number of sulfone groups is 1. The molecule has 0 radical (unpaired) electrons. The normalized spacial score (nSPS) is 21.6. The summed E-state index contributed by atoms with van der Waals surface area (Å²) >= 11 is 2.11. The van der Waals surface area contributed by atoms with E-state index in [9.17, 15) is 8.42 Å². The van der Waals surface area contributed by atoms with Crippen LogP contribution in [0.4, 0.5) is 0 Å². The fraction of sp³-hybridized carbons (Fsp3) is 0.739. The van der Waals surface area contributed by atoms with Gasteiger partial charge in [-0.2, -0.15) is 11.8 Å². The summed E-state index contributed by atoms with van der Waals surface area (Å²) in [6.07, 6.45) is 7.76. The van der Waals surface area contributed by atoms with Crippen molar-refractivity contribution in [2.24, 2.45) is 17.8 Å². The third-order valence-electron chi connectivity index (χ3n) is 5.39. The van der Waals surface area contributed by atoms with Crippen LogP contribution in [0.2, 0.25) is 0 Å². The van der Waals surface area contributed by atoms with Crippen molar-refractivity contribution in [2.45, 2.75) is 82.8 Å². The van der Waals surface area contributed by atoms with E-state index in [1.807, 2.05) is 26.0 Å². The van der Waals surface area contributed by atoms with Gasteiger partial charge in [-0.15, -0.1) is 0 Å². The lowest BCUT2D eigenvalue weighted by Gasteiger charge is -2.30. The predicted octanol–water partition coefficient (Wildman–Crippen LogP) is 6.39. The third kappa shape index (κ3) is 8.19. The first kappa shape index (κ1) is 22.8. The maximum atomic E-state index is 12.3. The van der Waals surface area contributed by atoms with Gasteiger partial charge < -0.3 is 0 Å². The number of benzene rings is 1. The Hall–Kier alpha value is -0.480. The largest absolute Gasteiger partial charge is 0.224 e. The van der Waals surface area contributed by atoms with Gasteiger partial charge in [0.2, 0.25) is 0 Å². The van der Waals surface area contributed by atoms with Crippen molar-refractivity contribution < 1.29 is 8.42 Å². The Morgan fingerprint density at radius 1 is 1.00 bits per heavy atom. The standard InChI is InChI=1S/C23H38O2S2/c1-18(2)17-27(24,25)22-14-12-20(13-15-22)7-6-19-8-10-21(11-9-19)16-26-23(3,4)5/h12-15,18-19,21H,6-11,16-17H2,1-5H3. The van der Waals surface area contributed by atoms with Crippen LogP contribution in [0.15, 0.2) is 29.2 Å². The molecule has 0 unspecified atom stereocenters. The second-order valence-electron chi connectivity index (χ2n) is 9.67. The van der Waals surface area contributed by atoms with E-state index in [0.29, 0.717) is 9.64 Å². The topological polar surface area (TPSA) is 34.1 Å². The summed E-state index contributed by atoms with van der Waals surface area (Å²) in [6, 6.07) is 7.62. The second-order valence-corrected chi connectivity index (χ2v) is 13.5. The minimum atomic E-state index is -3.14. The van der Waals surface area contributed by atoms with Gasteiger partial charge >= 0.3 is 0 Å². The summed E-state index contributed by atoms with van der Waals surface area (Å²) in [4.78, 5) is 0.469. The van der Waals surface area contributed by atoms with Crippen LogP contribution in [-0.4, -0.2) is 24.7 Å². The summed E-state index contributed by atoms with van der Waals surface area (Å²) in [5.41, 5.74) is 1.27. The molecular formula is C23H38O2S2. The Bertz CT molecular complexity index is 661. The third-order valence-corrected chi connectivity index (χ3v) is 8.99. The lowest BCUT2D eigenvalue weighted by molar-refractivity contribution is 0.280. The molecule has 0 N–H and O–H groups in total. The van der Waals surface area contributed by atoms with E-state index >= 15 is 0 Å². The van der Waals surface area contributed by atoms with Crippen LogP contribution in [0.3, 0.4) is 0 Å². The molecule has 0 amide bonds. The summed E-state index contributed by atoms with van der Waals surface area (Å²) in [6.45, 7) is 10.8. The monoisotopic (exact) mass is 410 g/mol. The molecule has 1 aromatic rings. The van der Waals surface area contributed by atoms with Gasteiger partial charge in [0.1, 0.15) is 0 Å². The van der Waals surface area contributed by atoms with Crippen LogP contribution in [0.5, 0.6) is 0 Å². The molecule has 1 aromatic carbocycles. The molecule has 0 aliphatic heterocycles. The molecule has 0 aromatic heterocycles. The number of aryl methyl sites for hydroxylation is 1. The van der Waals surface area contributed by atoms with E-state index in [0.717, 1.165) is 18.3 Å². The molecule has 1 saturated carbocycles. The molecule has 1 fully saturated rings. The first-order valence-electron chi connectivity index (χ1n) is 10.5. The first-order valence-corrected chi connectivity index (χ1v) is 13.1. The van der Waals surface area contributed by atoms with Crippen molar-refractivity contribution >= 4 is 21.6 Å². The molecular weight excluding hydrogens is 372 g/mol. The second kappa shape index (κ2) is 9.82. The van der Waals surface area contributed by atoms with Crippen LogP contribution >= 0.6 is 11.8 Å². The zero-order valence-electron chi connectivity index (χ0n) is 17.8. The van der Waals surface area contributed by atoms with E-state index in [1.165, 1.54) is 43.4 Å². The quantitative estimate of drug-likeness (QED) is 0.498. The highest BCUT2D eigenvalue weighted by Gasteiger charge is 2.23. The van der Waals surface area contributed by atoms with Crippen LogP contribution in [0.1, 0.15) is 72.3 Å². The Morgan fingerprint density at radius 3 is 2.07 bits per heavy atom. The molecule has 0 atom stereocenters. The van der Waals surface area contributed by atoms with E-state index in [1.54, 1.807) is 12.1 Å². The van der Waals surface area contributed by atoms with Gasteiger partial charge in [-0.25, -0.2) is 8.42 Å². The number of thioether (sulfide) groups is 1. The summed E-state index contributed by atoms with van der Waals surface area (Å²) in [5.74, 6) is 3.43. The van der Waals surface area contributed by atoms with Crippen LogP contribution < -0.4 is 0 Å². The van der Waals surface area contributed by atoms with Gasteiger partial charge in [-0.1, -0.05) is 59.6 Å². The summed E-state index contributed by atoms with van der Waals surface area (Å²) in [5, 5.41) is 0. The fourth-order valence-corrected chi connectivity index (χ4v) is 6.51. The van der Waals surface area contributed by atoms with Crippen LogP contribution in [0, 0.1) is 17.8 Å². The van der Waals surface area contributed by atoms with Crippen LogP contribution in [-0.2, 0) is 16.3 Å². The zero-order valence-corrected chi connectivity index (χ0v) is 19.5. The predicted molar refractivity (Wildman–Crippen MR) is 119 cm³/mol. The Balaban J connectivity index is 1.76. The van der Waals surface area contributed by atoms with Crippen molar-refractivity contribution in [1.29, 1.82) is 0 Å². The van der Waals surface area contributed by atoms with E-state index < -0.39 is 9.84 Å². The molecule has 154 valence electrons. The smallest absolute Gasteiger partial charge is 0.178 e. The van der Waals surface area contributed by atoms with Crippen molar-refractivity contribution in [2.75, 3.05) is 11.5 Å². The van der Waals surface area contributed by atoms with Crippen LogP contribution in [0.25, 0.3) is 0 Å². The van der Waals surface area contributed by atoms with Crippen molar-refractivity contribution in [3.63, 3.8) is 0 Å². The molecule has 0 bridgehead atoms. The molecule has 0 heterocycles. The minimum Gasteiger partial charge on any atom is -0.224 e. The van der Waals surface area contributed by atoms with E-state index in [-0.39, 0.29) is 11.7 Å². The Labute approximate surface area is 171 Å². The lowest BCUT2D eigenvalue weighted by atomic mass is 9.80. The summed E-state index contributed by atoms with van der Waals surface area (Å²) < 4.78 is 25.0. The molecule has 1 aliphatic carbocycles. The van der Waals surface area contributed by atoms with Gasteiger partial charge in [0.25, 0.3) is 0 Å². The molecule has 2 nitrogen and oxygen atoms in total. The number of hydrogen-bond acceptors (Lipinski definition) is 3. The van der Waals surface area contributed by atoms with E-state index in [2.05, 4.69) is 32.5 Å². The average molecular weight is 411 g/mol. The SMILES string of the molecule is CC(C)CS(=O)(=O)c1ccc(CCC2CCC(CSC(C)(C)C)CC2)cc1. The molecule has 1 aliphatic rings. The Kier molecular flexibility index (Phi) is 8.30. The average Bonchev–Trinajstić information content (AvgIpc) is 2.58. The molecule has 0 saturated heterocycles. The minimum absolute atomic E-state index is 0.159. The highest BCUT2D eigenvalue weighted by Crippen LogP contribution is 2.36. The van der Waals surface area contributed by atoms with Gasteiger partial charge in [-0.3, -0.25) is 0 Å². The fourth-order valence-electron chi connectivity index (χ4n) is 3.82. The number of hydrogen-bond donors (Lipinski definition) is 0. The molecule has 27 heavy (non-hydrogen) atoms. The zero-order chi connectivity index (χ0) is 20.1. The van der Waals surface area contributed by atoms with Gasteiger partial charge in [-0.05, 0) is 66.9 Å². The maximum Gasteiger partial charge on any atom is 0.178 e. The Morgan fingerprint density at radius 2 is 1.56 bits per heavy atom. The van der Waals surface area contributed by atoms with Crippen molar-refractivity contribution in [3.05, 3.63) is 29.8 Å². The van der Waals surface area contributed by atoms with Gasteiger partial charge in [0, 0.05) is 4.75 Å². The maximum absolute atomic E-state index is 12.3. The van der Waals surface area contributed by atoms with Crippen molar-refractivity contribution in [3.8, 4) is 0 Å². The van der Waals surface area contributed by atoms with Gasteiger partial charge in [0.05, 0.1) is 10.6 Å². The molecule has 4 heteroatoms. The highest BCUT2D eigenvalue weighted by atomic mass is 32.2. The number of rotatable bonds is 8. The lowest BCUT2D eigenvalue weighted by Crippen LogP contribution is -2.19.